The van der Waals surface area contributed by atoms with Crippen LogP contribution in [0.1, 0.15) is 52.9 Å². The van der Waals surface area contributed by atoms with Crippen molar-refractivity contribution >= 4 is 0 Å². The van der Waals surface area contributed by atoms with E-state index in [1.54, 1.807) is 0 Å². The summed E-state index contributed by atoms with van der Waals surface area (Å²) in [6.07, 6.45) is 6.30. The van der Waals surface area contributed by atoms with Crippen LogP contribution in [0.5, 0.6) is 0 Å². The topological polar surface area (TPSA) is 52.0 Å². The zero-order valence-electron chi connectivity index (χ0n) is 8.77. The summed E-state index contributed by atoms with van der Waals surface area (Å²) in [7, 11) is 0. The number of hydrogen-bond donors (Lipinski definition) is 2. The summed E-state index contributed by atoms with van der Waals surface area (Å²) in [5, 5.41) is 0. The van der Waals surface area contributed by atoms with Gasteiger partial charge in [0.15, 0.2) is 0 Å². The van der Waals surface area contributed by atoms with Crippen molar-refractivity contribution in [3.63, 3.8) is 0 Å². The van der Waals surface area contributed by atoms with Gasteiger partial charge in [0.25, 0.3) is 0 Å². The van der Waals surface area contributed by atoms with E-state index in [9.17, 15) is 0 Å². The molecule has 0 aromatic heterocycles. The minimum Gasteiger partial charge on any atom is -0.328 e. The average Bonchev–Trinajstić information content (AvgIpc) is 2.39. The molecule has 2 nitrogen and oxygen atoms in total. The summed E-state index contributed by atoms with van der Waals surface area (Å²) in [5.41, 5.74) is 11.1. The summed E-state index contributed by atoms with van der Waals surface area (Å²) in [6.45, 7) is 6.12. The summed E-state index contributed by atoms with van der Waals surface area (Å²) >= 11 is 0. The molecule has 12 heavy (non-hydrogen) atoms. The van der Waals surface area contributed by atoms with Crippen molar-refractivity contribution in [1.29, 1.82) is 0 Å². The molecule has 0 aliphatic heterocycles. The Morgan fingerprint density at radius 3 is 1.67 bits per heavy atom. The second kappa shape index (κ2) is 5.55. The van der Waals surface area contributed by atoms with Gasteiger partial charge in [-0.15, -0.1) is 0 Å². The Morgan fingerprint density at radius 1 is 1.25 bits per heavy atom. The minimum atomic E-state index is 0.0417. The monoisotopic (exact) mass is 172 g/mol. The molecule has 1 fully saturated rings. The molecule has 0 unspecified atom stereocenters. The van der Waals surface area contributed by atoms with E-state index < -0.39 is 0 Å². The lowest BCUT2D eigenvalue weighted by Gasteiger charge is -2.13. The van der Waals surface area contributed by atoms with Crippen LogP contribution >= 0.6 is 0 Å². The molecular weight excluding hydrogens is 148 g/mol. The van der Waals surface area contributed by atoms with Crippen LogP contribution in [0.15, 0.2) is 0 Å². The van der Waals surface area contributed by atoms with Crippen molar-refractivity contribution in [2.75, 3.05) is 0 Å². The fourth-order valence-electron chi connectivity index (χ4n) is 0.957. The maximum atomic E-state index is 5.53. The Bertz CT molecular complexity index is 98.9. The lowest BCUT2D eigenvalue weighted by molar-refractivity contribution is 0.501. The highest BCUT2D eigenvalue weighted by molar-refractivity contribution is 4.68. The average molecular weight is 172 g/mol. The van der Waals surface area contributed by atoms with Gasteiger partial charge in [0, 0.05) is 11.6 Å². The molecule has 1 aliphatic carbocycles. The molecule has 0 atom stereocenters. The van der Waals surface area contributed by atoms with E-state index in [0.717, 1.165) is 6.42 Å². The smallest absolute Gasteiger partial charge is 0.00944 e. The fraction of sp³-hybridized carbons (Fsp3) is 1.00. The molecule has 0 radical (unpaired) electrons. The molecule has 1 rings (SSSR count). The first-order valence-corrected chi connectivity index (χ1v) is 5.00. The van der Waals surface area contributed by atoms with Crippen molar-refractivity contribution in [3.8, 4) is 0 Å². The highest BCUT2D eigenvalue weighted by Gasteiger charge is 2.07. The van der Waals surface area contributed by atoms with Gasteiger partial charge in [-0.2, -0.15) is 0 Å². The zero-order valence-corrected chi connectivity index (χ0v) is 8.77. The van der Waals surface area contributed by atoms with Gasteiger partial charge in [-0.3, -0.25) is 0 Å². The number of nitrogens with two attached hydrogens (primary N) is 2. The van der Waals surface area contributed by atoms with Gasteiger partial charge < -0.3 is 11.5 Å². The van der Waals surface area contributed by atoms with E-state index in [1.165, 1.54) is 25.7 Å². The maximum Gasteiger partial charge on any atom is 0.00944 e. The third-order valence-corrected chi connectivity index (χ3v) is 2.31. The molecule has 2 heteroatoms. The SMILES string of the molecule is CCC(C)(C)N.NC1CCCC1. The van der Waals surface area contributed by atoms with E-state index >= 15 is 0 Å². The molecule has 0 bridgehead atoms. The maximum absolute atomic E-state index is 5.53. The van der Waals surface area contributed by atoms with Crippen LogP contribution in [0.25, 0.3) is 0 Å². The van der Waals surface area contributed by atoms with E-state index in [-0.39, 0.29) is 5.54 Å². The summed E-state index contributed by atoms with van der Waals surface area (Å²) in [5.74, 6) is 0. The second-order valence-corrected chi connectivity index (χ2v) is 4.39. The van der Waals surface area contributed by atoms with E-state index in [1.807, 2.05) is 13.8 Å². The van der Waals surface area contributed by atoms with E-state index in [2.05, 4.69) is 6.92 Å². The molecule has 0 saturated heterocycles. The Morgan fingerprint density at radius 2 is 1.58 bits per heavy atom. The first-order valence-electron chi connectivity index (χ1n) is 5.00. The van der Waals surface area contributed by atoms with Crippen LogP contribution < -0.4 is 11.5 Å². The van der Waals surface area contributed by atoms with Crippen LogP contribution in [-0.4, -0.2) is 11.6 Å². The first kappa shape index (κ1) is 11.9. The Labute approximate surface area is 76.7 Å². The van der Waals surface area contributed by atoms with Crippen molar-refractivity contribution < 1.29 is 0 Å². The standard InChI is InChI=1S/C5H11N.C5H13N/c6-5-3-1-2-4-5;1-4-5(2,3)6/h5H,1-4,6H2;4,6H2,1-3H3. The van der Waals surface area contributed by atoms with Crippen LogP contribution in [0.3, 0.4) is 0 Å². The van der Waals surface area contributed by atoms with Crippen LogP contribution in [0.4, 0.5) is 0 Å². The van der Waals surface area contributed by atoms with Gasteiger partial charge in [0.05, 0.1) is 0 Å². The summed E-state index contributed by atoms with van der Waals surface area (Å²) in [4.78, 5) is 0. The Balaban J connectivity index is 0.000000202. The molecule has 0 aromatic rings. The van der Waals surface area contributed by atoms with Gasteiger partial charge in [0.2, 0.25) is 0 Å². The molecule has 0 amide bonds. The predicted molar refractivity (Wildman–Crippen MR) is 55.0 cm³/mol. The van der Waals surface area contributed by atoms with Gasteiger partial charge in [0.1, 0.15) is 0 Å². The molecule has 1 aliphatic rings. The van der Waals surface area contributed by atoms with E-state index in [4.69, 9.17) is 11.5 Å². The van der Waals surface area contributed by atoms with Crippen LogP contribution in [0, 0.1) is 0 Å². The third kappa shape index (κ3) is 8.02. The largest absolute Gasteiger partial charge is 0.328 e. The number of hydrogen-bond acceptors (Lipinski definition) is 2. The minimum absolute atomic E-state index is 0.0417. The Hall–Kier alpha value is -0.0800. The highest BCUT2D eigenvalue weighted by atomic mass is 14.7. The van der Waals surface area contributed by atoms with Gasteiger partial charge in [-0.25, -0.2) is 0 Å². The van der Waals surface area contributed by atoms with Crippen molar-refractivity contribution in [2.24, 2.45) is 11.5 Å². The lowest BCUT2D eigenvalue weighted by Crippen LogP contribution is -2.30. The highest BCUT2D eigenvalue weighted by Crippen LogP contribution is 2.14. The molecule has 0 heterocycles. The van der Waals surface area contributed by atoms with Crippen molar-refractivity contribution in [2.45, 2.75) is 64.5 Å². The molecule has 0 aromatic carbocycles. The molecule has 74 valence electrons. The predicted octanol–water partition coefficient (Wildman–Crippen LogP) is 2.02. The van der Waals surface area contributed by atoms with Gasteiger partial charge >= 0.3 is 0 Å². The molecule has 4 N–H and O–H groups in total. The Kier molecular flexibility index (Phi) is 5.51. The fourth-order valence-corrected chi connectivity index (χ4v) is 0.957. The normalized spacial score (nSPS) is 18.8. The van der Waals surface area contributed by atoms with Gasteiger partial charge in [-0.05, 0) is 33.1 Å². The van der Waals surface area contributed by atoms with Crippen molar-refractivity contribution in [3.05, 3.63) is 0 Å². The van der Waals surface area contributed by atoms with Crippen LogP contribution in [-0.2, 0) is 0 Å². The first-order chi connectivity index (χ1) is 5.45. The third-order valence-electron chi connectivity index (χ3n) is 2.31. The lowest BCUT2D eigenvalue weighted by atomic mass is 10.1. The summed E-state index contributed by atoms with van der Waals surface area (Å²) < 4.78 is 0. The second-order valence-electron chi connectivity index (χ2n) is 4.39. The van der Waals surface area contributed by atoms with Crippen molar-refractivity contribution in [1.82, 2.24) is 0 Å². The molecule has 1 saturated carbocycles. The zero-order chi connectivity index (χ0) is 9.61. The summed E-state index contributed by atoms with van der Waals surface area (Å²) in [6, 6.07) is 0.546. The van der Waals surface area contributed by atoms with Crippen LogP contribution in [0.2, 0.25) is 0 Å². The van der Waals surface area contributed by atoms with E-state index in [0.29, 0.717) is 6.04 Å². The number of rotatable bonds is 1. The molecular formula is C10H24N2. The van der Waals surface area contributed by atoms with Gasteiger partial charge in [-0.1, -0.05) is 19.8 Å². The quantitative estimate of drug-likeness (QED) is 0.636. The molecule has 0 spiro atoms.